The zero-order chi connectivity index (χ0) is 10.8. The molecule has 2 fully saturated rings. The third kappa shape index (κ3) is 2.49. The van der Waals surface area contributed by atoms with Gasteiger partial charge in [-0.15, -0.1) is 0 Å². The third-order valence-electron chi connectivity index (χ3n) is 3.51. The topological polar surface area (TPSA) is 32.8 Å². The Morgan fingerprint density at radius 3 is 2.67 bits per heavy atom. The van der Waals surface area contributed by atoms with Crippen LogP contribution in [0.5, 0.6) is 0 Å². The number of methoxy groups -OCH3 is 1. The van der Waals surface area contributed by atoms with E-state index in [1.807, 2.05) is 0 Å². The maximum absolute atomic E-state index is 11.3. The molecule has 15 heavy (non-hydrogen) atoms. The van der Waals surface area contributed by atoms with Crippen molar-refractivity contribution < 1.29 is 9.53 Å². The van der Waals surface area contributed by atoms with E-state index in [2.05, 4.69) is 16.8 Å². The number of hydrogen-bond donors (Lipinski definition) is 0. The molecule has 1 saturated carbocycles. The van der Waals surface area contributed by atoms with Gasteiger partial charge < -0.3 is 9.64 Å². The number of hydrogen-bond acceptors (Lipinski definition) is 4. The number of carbonyl (C=O) groups is 1. The van der Waals surface area contributed by atoms with E-state index in [9.17, 15) is 4.79 Å². The molecule has 0 aromatic heterocycles. The number of likely N-dealkylation sites (N-methyl/N-ethyl adjacent to an activating group) is 1. The molecule has 1 heterocycles. The van der Waals surface area contributed by atoms with E-state index >= 15 is 0 Å². The van der Waals surface area contributed by atoms with Crippen LogP contribution in [0.3, 0.4) is 0 Å². The van der Waals surface area contributed by atoms with E-state index in [4.69, 9.17) is 4.74 Å². The molecule has 0 radical (unpaired) electrons. The van der Waals surface area contributed by atoms with Gasteiger partial charge in [0.15, 0.2) is 0 Å². The predicted molar refractivity (Wildman–Crippen MR) is 57.6 cm³/mol. The minimum absolute atomic E-state index is 0.0302. The fourth-order valence-corrected chi connectivity index (χ4v) is 2.10. The van der Waals surface area contributed by atoms with Gasteiger partial charge in [0.05, 0.1) is 7.11 Å². The fourth-order valence-electron chi connectivity index (χ4n) is 2.10. The van der Waals surface area contributed by atoms with E-state index in [-0.39, 0.29) is 12.0 Å². The molecule has 1 saturated heterocycles. The van der Waals surface area contributed by atoms with Crippen LogP contribution in [0, 0.1) is 0 Å². The first kappa shape index (κ1) is 10.9. The molecule has 4 heteroatoms. The maximum atomic E-state index is 11.3. The van der Waals surface area contributed by atoms with E-state index in [1.54, 1.807) is 0 Å². The summed E-state index contributed by atoms with van der Waals surface area (Å²) >= 11 is 0. The Morgan fingerprint density at radius 1 is 1.47 bits per heavy atom. The minimum Gasteiger partial charge on any atom is -0.468 e. The number of ether oxygens (including phenoxy) is 1. The lowest BCUT2D eigenvalue weighted by Crippen LogP contribution is -2.54. The standard InChI is InChI=1S/C11H20N2O2/c1-12(9-3-4-9)7-8-13-6-5-10(13)11(14)15-2/h9-10H,3-8H2,1-2H3. The largest absolute Gasteiger partial charge is 0.468 e. The molecule has 2 aliphatic rings. The molecule has 1 atom stereocenters. The predicted octanol–water partition coefficient (Wildman–Crippen LogP) is 0.328. The van der Waals surface area contributed by atoms with Crippen LogP contribution in [-0.4, -0.2) is 61.6 Å². The number of nitrogens with zero attached hydrogens (tertiary/aromatic N) is 2. The fraction of sp³-hybridized carbons (Fsp3) is 0.909. The normalized spacial score (nSPS) is 26.5. The summed E-state index contributed by atoms with van der Waals surface area (Å²) in [5.74, 6) is -0.0738. The SMILES string of the molecule is COC(=O)C1CCN1CCN(C)C1CC1. The van der Waals surface area contributed by atoms with E-state index in [0.717, 1.165) is 32.1 Å². The highest BCUT2D eigenvalue weighted by molar-refractivity contribution is 5.76. The van der Waals surface area contributed by atoms with Crippen molar-refractivity contribution in [2.45, 2.75) is 31.3 Å². The Kier molecular flexibility index (Phi) is 3.26. The molecule has 0 N–H and O–H groups in total. The van der Waals surface area contributed by atoms with Crippen LogP contribution in [-0.2, 0) is 9.53 Å². The lowest BCUT2D eigenvalue weighted by atomic mass is 10.0. The van der Waals surface area contributed by atoms with E-state index < -0.39 is 0 Å². The summed E-state index contributed by atoms with van der Waals surface area (Å²) < 4.78 is 4.76. The zero-order valence-electron chi connectivity index (χ0n) is 9.61. The Morgan fingerprint density at radius 2 is 2.20 bits per heavy atom. The van der Waals surface area contributed by atoms with Gasteiger partial charge in [-0.1, -0.05) is 0 Å². The summed E-state index contributed by atoms with van der Waals surface area (Å²) in [4.78, 5) is 15.9. The number of esters is 1. The van der Waals surface area contributed by atoms with Crippen molar-refractivity contribution in [1.29, 1.82) is 0 Å². The molecule has 1 aliphatic carbocycles. The monoisotopic (exact) mass is 212 g/mol. The van der Waals surface area contributed by atoms with Crippen LogP contribution in [0.2, 0.25) is 0 Å². The van der Waals surface area contributed by atoms with Gasteiger partial charge in [-0.3, -0.25) is 9.69 Å². The molecule has 4 nitrogen and oxygen atoms in total. The Labute approximate surface area is 91.2 Å². The van der Waals surface area contributed by atoms with Crippen LogP contribution < -0.4 is 0 Å². The molecule has 1 unspecified atom stereocenters. The highest BCUT2D eigenvalue weighted by Crippen LogP contribution is 2.25. The van der Waals surface area contributed by atoms with Gasteiger partial charge >= 0.3 is 5.97 Å². The molecule has 0 amide bonds. The molecule has 2 rings (SSSR count). The molecule has 0 aromatic rings. The van der Waals surface area contributed by atoms with Crippen LogP contribution in [0.1, 0.15) is 19.3 Å². The second kappa shape index (κ2) is 4.49. The van der Waals surface area contributed by atoms with Crippen molar-refractivity contribution in [3.8, 4) is 0 Å². The average molecular weight is 212 g/mol. The van der Waals surface area contributed by atoms with Gasteiger partial charge in [-0.05, 0) is 26.3 Å². The quantitative estimate of drug-likeness (QED) is 0.615. The molecular formula is C11H20N2O2. The summed E-state index contributed by atoms with van der Waals surface area (Å²) in [6.07, 6.45) is 3.65. The molecule has 0 aromatic carbocycles. The van der Waals surface area contributed by atoms with Gasteiger partial charge in [0.25, 0.3) is 0 Å². The molecule has 0 spiro atoms. The average Bonchev–Trinajstić information content (AvgIpc) is 2.99. The van der Waals surface area contributed by atoms with Crippen molar-refractivity contribution in [3.63, 3.8) is 0 Å². The molecule has 0 bridgehead atoms. The first-order chi connectivity index (χ1) is 7.22. The number of carbonyl (C=O) groups excluding carboxylic acids is 1. The Bertz CT molecular complexity index is 241. The van der Waals surface area contributed by atoms with Crippen molar-refractivity contribution in [3.05, 3.63) is 0 Å². The molecular weight excluding hydrogens is 192 g/mol. The smallest absolute Gasteiger partial charge is 0.323 e. The second-order valence-corrected chi connectivity index (χ2v) is 4.58. The summed E-state index contributed by atoms with van der Waals surface area (Å²) in [6.45, 7) is 3.10. The molecule has 86 valence electrons. The van der Waals surface area contributed by atoms with E-state index in [0.29, 0.717) is 0 Å². The van der Waals surface area contributed by atoms with Crippen LogP contribution in [0.15, 0.2) is 0 Å². The van der Waals surface area contributed by atoms with Crippen molar-refractivity contribution >= 4 is 5.97 Å². The van der Waals surface area contributed by atoms with Crippen molar-refractivity contribution in [2.75, 3.05) is 33.8 Å². The van der Waals surface area contributed by atoms with Crippen molar-refractivity contribution in [2.24, 2.45) is 0 Å². The number of likely N-dealkylation sites (tertiary alicyclic amines) is 1. The highest BCUT2D eigenvalue weighted by Gasteiger charge is 2.35. The summed E-state index contributed by atoms with van der Waals surface area (Å²) in [5, 5.41) is 0. The van der Waals surface area contributed by atoms with Gasteiger partial charge in [-0.2, -0.15) is 0 Å². The maximum Gasteiger partial charge on any atom is 0.323 e. The minimum atomic E-state index is -0.0738. The summed E-state index contributed by atoms with van der Waals surface area (Å²) in [5.41, 5.74) is 0. The van der Waals surface area contributed by atoms with Gasteiger partial charge in [0, 0.05) is 25.7 Å². The van der Waals surface area contributed by atoms with Crippen LogP contribution in [0.25, 0.3) is 0 Å². The first-order valence-corrected chi connectivity index (χ1v) is 5.74. The molecule has 1 aliphatic heterocycles. The lowest BCUT2D eigenvalue weighted by molar-refractivity contribution is -0.152. The van der Waals surface area contributed by atoms with Gasteiger partial charge in [0.1, 0.15) is 6.04 Å². The zero-order valence-corrected chi connectivity index (χ0v) is 9.61. The Hall–Kier alpha value is -0.610. The Balaban J connectivity index is 1.68. The van der Waals surface area contributed by atoms with Gasteiger partial charge in [-0.25, -0.2) is 0 Å². The van der Waals surface area contributed by atoms with E-state index in [1.165, 1.54) is 20.0 Å². The first-order valence-electron chi connectivity index (χ1n) is 5.74. The van der Waals surface area contributed by atoms with Crippen LogP contribution in [0.4, 0.5) is 0 Å². The van der Waals surface area contributed by atoms with Gasteiger partial charge in [0.2, 0.25) is 0 Å². The van der Waals surface area contributed by atoms with Crippen molar-refractivity contribution in [1.82, 2.24) is 9.80 Å². The third-order valence-corrected chi connectivity index (χ3v) is 3.51. The number of rotatable bonds is 5. The second-order valence-electron chi connectivity index (χ2n) is 4.58. The summed E-state index contributed by atoms with van der Waals surface area (Å²) in [7, 11) is 3.64. The van der Waals surface area contributed by atoms with Crippen LogP contribution >= 0.6 is 0 Å². The summed E-state index contributed by atoms with van der Waals surface area (Å²) in [6, 6.07) is 0.838. The highest BCUT2D eigenvalue weighted by atomic mass is 16.5. The lowest BCUT2D eigenvalue weighted by Gasteiger charge is -2.39.